The number of rotatable bonds is 3. The van der Waals surface area contributed by atoms with Gasteiger partial charge in [0.2, 0.25) is 0 Å². The van der Waals surface area contributed by atoms with E-state index in [1.165, 1.54) is 0 Å². The standard InChI is InChI=1S/C12H14ClIN4/c1-7(2)4-9-10(14)11(13)17-12(16-9)8-5-15-18(3)6-8/h5-7H,4H2,1-3H3. The molecule has 0 aliphatic rings. The number of hydrogen-bond donors (Lipinski definition) is 0. The number of aryl methyl sites for hydroxylation is 1. The van der Waals surface area contributed by atoms with Crippen molar-refractivity contribution in [2.75, 3.05) is 0 Å². The lowest BCUT2D eigenvalue weighted by Gasteiger charge is -2.09. The molecule has 0 N–H and O–H groups in total. The Morgan fingerprint density at radius 3 is 2.67 bits per heavy atom. The number of halogens is 2. The van der Waals surface area contributed by atoms with E-state index in [1.807, 2.05) is 13.2 Å². The molecule has 2 aromatic heterocycles. The van der Waals surface area contributed by atoms with E-state index in [0.29, 0.717) is 16.9 Å². The normalized spacial score (nSPS) is 11.2. The first-order valence-corrected chi connectivity index (χ1v) is 7.14. The van der Waals surface area contributed by atoms with Crippen molar-refractivity contribution < 1.29 is 0 Å². The van der Waals surface area contributed by atoms with Crippen LogP contribution in [0.4, 0.5) is 0 Å². The van der Waals surface area contributed by atoms with Gasteiger partial charge in [-0.2, -0.15) is 5.10 Å². The molecule has 0 atom stereocenters. The Labute approximate surface area is 125 Å². The van der Waals surface area contributed by atoms with Gasteiger partial charge in [-0.1, -0.05) is 25.4 Å². The van der Waals surface area contributed by atoms with Gasteiger partial charge in [-0.05, 0) is 34.9 Å². The maximum atomic E-state index is 6.17. The third kappa shape index (κ3) is 3.00. The second kappa shape index (κ2) is 5.52. The van der Waals surface area contributed by atoms with Crippen LogP contribution in [0.2, 0.25) is 5.15 Å². The van der Waals surface area contributed by atoms with Gasteiger partial charge in [0.05, 0.1) is 21.0 Å². The van der Waals surface area contributed by atoms with Crippen molar-refractivity contribution in [1.82, 2.24) is 19.7 Å². The van der Waals surface area contributed by atoms with Gasteiger partial charge < -0.3 is 0 Å². The van der Waals surface area contributed by atoms with E-state index in [0.717, 1.165) is 21.2 Å². The zero-order valence-corrected chi connectivity index (χ0v) is 13.4. The summed E-state index contributed by atoms with van der Waals surface area (Å²) < 4.78 is 2.67. The monoisotopic (exact) mass is 376 g/mol. The van der Waals surface area contributed by atoms with Gasteiger partial charge in [-0.25, -0.2) is 9.97 Å². The molecule has 0 aliphatic carbocycles. The molecule has 0 saturated carbocycles. The quantitative estimate of drug-likeness (QED) is 0.609. The van der Waals surface area contributed by atoms with Gasteiger partial charge in [0, 0.05) is 13.2 Å². The molecule has 0 saturated heterocycles. The summed E-state index contributed by atoms with van der Waals surface area (Å²) >= 11 is 8.38. The smallest absolute Gasteiger partial charge is 0.164 e. The van der Waals surface area contributed by atoms with Crippen LogP contribution >= 0.6 is 34.2 Å². The Hall–Kier alpha value is -0.690. The van der Waals surface area contributed by atoms with Crippen LogP contribution in [0.3, 0.4) is 0 Å². The first-order valence-electron chi connectivity index (χ1n) is 5.68. The molecule has 0 radical (unpaired) electrons. The van der Waals surface area contributed by atoms with Crippen molar-refractivity contribution in [1.29, 1.82) is 0 Å². The molecule has 0 bridgehead atoms. The molecule has 4 nitrogen and oxygen atoms in total. The summed E-state index contributed by atoms with van der Waals surface area (Å²) in [7, 11) is 1.87. The maximum Gasteiger partial charge on any atom is 0.164 e. The van der Waals surface area contributed by atoms with Crippen LogP contribution in [-0.4, -0.2) is 19.7 Å². The van der Waals surface area contributed by atoms with Gasteiger partial charge >= 0.3 is 0 Å². The minimum absolute atomic E-state index is 0.514. The Kier molecular flexibility index (Phi) is 4.21. The van der Waals surface area contributed by atoms with Crippen molar-refractivity contribution in [3.05, 3.63) is 26.8 Å². The summed E-state index contributed by atoms with van der Waals surface area (Å²) in [5.41, 5.74) is 1.89. The van der Waals surface area contributed by atoms with E-state index >= 15 is 0 Å². The van der Waals surface area contributed by atoms with Crippen LogP contribution < -0.4 is 0 Å². The minimum Gasteiger partial charge on any atom is -0.275 e. The topological polar surface area (TPSA) is 43.6 Å². The fourth-order valence-corrected chi connectivity index (χ4v) is 2.30. The molecule has 0 aromatic carbocycles. The van der Waals surface area contributed by atoms with Crippen LogP contribution in [-0.2, 0) is 13.5 Å². The summed E-state index contributed by atoms with van der Waals surface area (Å²) in [5, 5.41) is 4.64. The highest BCUT2D eigenvalue weighted by molar-refractivity contribution is 14.1. The van der Waals surface area contributed by atoms with Crippen LogP contribution in [0.15, 0.2) is 12.4 Å². The summed E-state index contributed by atoms with van der Waals surface area (Å²) in [6.07, 6.45) is 4.53. The molecule has 0 fully saturated rings. The molecule has 18 heavy (non-hydrogen) atoms. The lowest BCUT2D eigenvalue weighted by molar-refractivity contribution is 0.632. The Balaban J connectivity index is 2.46. The minimum atomic E-state index is 0.514. The average molecular weight is 377 g/mol. The highest BCUT2D eigenvalue weighted by atomic mass is 127. The second-order valence-corrected chi connectivity index (χ2v) is 6.04. The molecule has 6 heteroatoms. The molecule has 0 amide bonds. The molecule has 2 heterocycles. The SMILES string of the molecule is CC(C)Cc1nc(-c2cnn(C)c2)nc(Cl)c1I. The van der Waals surface area contributed by atoms with Crippen molar-refractivity contribution in [2.24, 2.45) is 13.0 Å². The van der Waals surface area contributed by atoms with E-state index in [1.54, 1.807) is 10.9 Å². The first-order chi connectivity index (χ1) is 8.47. The molecule has 0 spiro atoms. The molecule has 0 aliphatic heterocycles. The number of hydrogen-bond acceptors (Lipinski definition) is 3. The average Bonchev–Trinajstić information content (AvgIpc) is 2.70. The molecule has 2 aromatic rings. The summed E-state index contributed by atoms with van der Waals surface area (Å²) in [4.78, 5) is 8.92. The lowest BCUT2D eigenvalue weighted by atomic mass is 10.1. The van der Waals surface area contributed by atoms with Gasteiger partial charge in [0.15, 0.2) is 5.82 Å². The highest BCUT2D eigenvalue weighted by Gasteiger charge is 2.14. The van der Waals surface area contributed by atoms with E-state index < -0.39 is 0 Å². The van der Waals surface area contributed by atoms with E-state index in [-0.39, 0.29) is 0 Å². The molecule has 0 unspecified atom stereocenters. The Bertz CT molecular complexity index is 565. The molecular formula is C12H14ClIN4. The zero-order chi connectivity index (χ0) is 13.3. The van der Waals surface area contributed by atoms with Gasteiger partial charge in [0.1, 0.15) is 5.15 Å². The van der Waals surface area contributed by atoms with E-state index in [2.05, 4.69) is 51.5 Å². The van der Waals surface area contributed by atoms with Crippen LogP contribution in [0.5, 0.6) is 0 Å². The lowest BCUT2D eigenvalue weighted by Crippen LogP contribution is -2.04. The number of nitrogens with zero attached hydrogens (tertiary/aromatic N) is 4. The Morgan fingerprint density at radius 1 is 1.39 bits per heavy atom. The van der Waals surface area contributed by atoms with Crippen molar-refractivity contribution >= 4 is 34.2 Å². The fraction of sp³-hybridized carbons (Fsp3) is 0.417. The molecule has 2 rings (SSSR count). The molecule has 96 valence electrons. The summed E-state index contributed by atoms with van der Waals surface area (Å²) in [6, 6.07) is 0. The predicted molar refractivity (Wildman–Crippen MR) is 80.5 cm³/mol. The van der Waals surface area contributed by atoms with Crippen molar-refractivity contribution in [3.63, 3.8) is 0 Å². The maximum absolute atomic E-state index is 6.17. The summed E-state index contributed by atoms with van der Waals surface area (Å²) in [6.45, 7) is 4.33. The number of aromatic nitrogens is 4. The Morgan fingerprint density at radius 2 is 2.11 bits per heavy atom. The third-order valence-corrected chi connectivity index (χ3v) is 4.17. The van der Waals surface area contributed by atoms with E-state index in [4.69, 9.17) is 11.6 Å². The van der Waals surface area contributed by atoms with Crippen LogP contribution in [0.25, 0.3) is 11.4 Å². The first kappa shape index (κ1) is 13.7. The van der Waals surface area contributed by atoms with Gasteiger partial charge in [-0.3, -0.25) is 4.68 Å². The van der Waals surface area contributed by atoms with Gasteiger partial charge in [-0.15, -0.1) is 0 Å². The van der Waals surface area contributed by atoms with E-state index in [9.17, 15) is 0 Å². The predicted octanol–water partition coefficient (Wildman–Crippen LogP) is 3.33. The van der Waals surface area contributed by atoms with Crippen molar-refractivity contribution in [2.45, 2.75) is 20.3 Å². The largest absolute Gasteiger partial charge is 0.275 e. The second-order valence-electron chi connectivity index (χ2n) is 4.60. The van der Waals surface area contributed by atoms with Crippen LogP contribution in [0.1, 0.15) is 19.5 Å². The fourth-order valence-electron chi connectivity index (χ4n) is 1.65. The molecular weight excluding hydrogens is 363 g/mol. The zero-order valence-electron chi connectivity index (χ0n) is 10.5. The van der Waals surface area contributed by atoms with Crippen molar-refractivity contribution in [3.8, 4) is 11.4 Å². The third-order valence-electron chi connectivity index (χ3n) is 2.44. The highest BCUT2D eigenvalue weighted by Crippen LogP contribution is 2.25. The summed E-state index contributed by atoms with van der Waals surface area (Å²) in [5.74, 6) is 1.18. The van der Waals surface area contributed by atoms with Crippen LogP contribution in [0, 0.1) is 9.49 Å². The van der Waals surface area contributed by atoms with Gasteiger partial charge in [0.25, 0.3) is 0 Å².